The van der Waals surface area contributed by atoms with Gasteiger partial charge in [-0.2, -0.15) is 5.10 Å². The maximum Gasteiger partial charge on any atom is 0.269 e. The van der Waals surface area contributed by atoms with E-state index < -0.39 is 11.2 Å². The van der Waals surface area contributed by atoms with E-state index in [-0.39, 0.29) is 11.7 Å². The number of hydrogen-bond donors (Lipinski definition) is 0. The predicted octanol–water partition coefficient (Wildman–Crippen LogP) is 4.85. The molecule has 0 aliphatic carbocycles. The van der Waals surface area contributed by atoms with Gasteiger partial charge in [0.2, 0.25) is 6.23 Å². The Labute approximate surface area is 184 Å². The second kappa shape index (κ2) is 7.88. The molecule has 0 aromatic heterocycles. The maximum atomic E-state index is 11.3. The third kappa shape index (κ3) is 3.30. The summed E-state index contributed by atoms with van der Waals surface area (Å²) in [5.74, 6) is 2.04. The molecule has 2 aliphatic rings. The van der Waals surface area contributed by atoms with Crippen LogP contribution in [0.3, 0.4) is 0 Å². The van der Waals surface area contributed by atoms with Crippen molar-refractivity contribution in [3.63, 3.8) is 0 Å². The quantitative estimate of drug-likeness (QED) is 0.424. The lowest BCUT2D eigenvalue weighted by atomic mass is 9.95. The van der Waals surface area contributed by atoms with Crippen LogP contribution in [0.15, 0.2) is 71.8 Å². The highest BCUT2D eigenvalue weighted by Crippen LogP contribution is 2.48. The zero-order valence-electron chi connectivity index (χ0n) is 17.6. The Balaban J connectivity index is 1.58. The van der Waals surface area contributed by atoms with Gasteiger partial charge >= 0.3 is 0 Å². The molecule has 2 heterocycles. The van der Waals surface area contributed by atoms with E-state index in [1.807, 2.05) is 53.5 Å². The molecule has 2 atom stereocenters. The number of ether oxygens (including phenoxy) is 3. The van der Waals surface area contributed by atoms with E-state index >= 15 is 0 Å². The summed E-state index contributed by atoms with van der Waals surface area (Å²) >= 11 is 0. The van der Waals surface area contributed by atoms with Crippen LogP contribution in [0, 0.1) is 10.1 Å². The molecule has 3 aromatic carbocycles. The van der Waals surface area contributed by atoms with Crippen LogP contribution >= 0.6 is 0 Å². The van der Waals surface area contributed by atoms with E-state index in [1.54, 1.807) is 26.4 Å². The van der Waals surface area contributed by atoms with Crippen LogP contribution in [0.4, 0.5) is 5.69 Å². The van der Waals surface area contributed by atoms with Gasteiger partial charge in [0.25, 0.3) is 5.69 Å². The summed E-state index contributed by atoms with van der Waals surface area (Å²) in [4.78, 5) is 10.9. The number of non-ortho nitro benzene ring substituents is 1. The molecule has 32 heavy (non-hydrogen) atoms. The van der Waals surface area contributed by atoms with Crippen LogP contribution < -0.4 is 14.2 Å². The molecule has 0 spiro atoms. The topological polar surface area (TPSA) is 86.4 Å². The molecule has 8 nitrogen and oxygen atoms in total. The van der Waals surface area contributed by atoms with Crippen molar-refractivity contribution >= 4 is 11.4 Å². The molecule has 162 valence electrons. The van der Waals surface area contributed by atoms with Crippen molar-refractivity contribution in [3.8, 4) is 17.2 Å². The van der Waals surface area contributed by atoms with Crippen LogP contribution in [-0.2, 0) is 0 Å². The maximum absolute atomic E-state index is 11.3. The van der Waals surface area contributed by atoms with E-state index in [0.29, 0.717) is 23.5 Å². The molecule has 5 rings (SSSR count). The van der Waals surface area contributed by atoms with E-state index in [2.05, 4.69) is 0 Å². The predicted molar refractivity (Wildman–Crippen MR) is 118 cm³/mol. The molecule has 8 heteroatoms. The third-order valence-electron chi connectivity index (χ3n) is 5.78. The van der Waals surface area contributed by atoms with Crippen LogP contribution in [0.1, 0.15) is 35.4 Å². The Morgan fingerprint density at radius 2 is 1.84 bits per heavy atom. The number of nitro benzene ring substituents is 1. The van der Waals surface area contributed by atoms with Crippen LogP contribution in [-0.4, -0.2) is 29.9 Å². The summed E-state index contributed by atoms with van der Waals surface area (Å²) in [5.41, 5.74) is 3.54. The number of benzene rings is 3. The fraction of sp³-hybridized carbons (Fsp3) is 0.208. The Morgan fingerprint density at radius 3 is 2.62 bits per heavy atom. The van der Waals surface area contributed by atoms with Crippen molar-refractivity contribution in [2.24, 2.45) is 5.10 Å². The molecule has 3 aromatic rings. The number of nitrogens with zero attached hydrogens (tertiary/aromatic N) is 3. The lowest BCUT2D eigenvalue weighted by molar-refractivity contribution is -0.385. The van der Waals surface area contributed by atoms with E-state index in [0.717, 1.165) is 22.6 Å². The van der Waals surface area contributed by atoms with Gasteiger partial charge in [0.1, 0.15) is 5.75 Å². The molecule has 0 fully saturated rings. The summed E-state index contributed by atoms with van der Waals surface area (Å²) in [5, 5.41) is 18.1. The molecule has 0 saturated heterocycles. The molecular weight excluding hydrogens is 410 g/mol. The molecule has 0 N–H and O–H groups in total. The number of methoxy groups -OCH3 is 2. The number of nitro groups is 1. The highest BCUT2D eigenvalue weighted by molar-refractivity contribution is 6.02. The van der Waals surface area contributed by atoms with Crippen LogP contribution in [0.25, 0.3) is 0 Å². The minimum absolute atomic E-state index is 0.0183. The minimum Gasteiger partial charge on any atom is -0.493 e. The van der Waals surface area contributed by atoms with Gasteiger partial charge in [0, 0.05) is 35.2 Å². The SMILES string of the molecule is COc1ccc(C2=NN3C(C2)c2ccccc2OC3c2cccc([N+](=O)[O-])c2)cc1OC. The van der Waals surface area contributed by atoms with Gasteiger partial charge in [-0.1, -0.05) is 30.3 Å². The normalized spacial score (nSPS) is 18.8. The Morgan fingerprint density at radius 1 is 1.03 bits per heavy atom. The molecule has 0 radical (unpaired) electrons. The largest absolute Gasteiger partial charge is 0.493 e. The lowest BCUT2D eigenvalue weighted by Crippen LogP contribution is -2.33. The number of para-hydroxylation sites is 1. The first-order valence-corrected chi connectivity index (χ1v) is 10.2. The van der Waals surface area contributed by atoms with Crippen molar-refractivity contribution in [2.75, 3.05) is 14.2 Å². The van der Waals surface area contributed by atoms with Gasteiger partial charge in [0.15, 0.2) is 11.5 Å². The zero-order valence-corrected chi connectivity index (χ0v) is 17.6. The smallest absolute Gasteiger partial charge is 0.269 e. The summed E-state index contributed by atoms with van der Waals surface area (Å²) in [7, 11) is 3.20. The van der Waals surface area contributed by atoms with E-state index in [1.165, 1.54) is 6.07 Å². The fourth-order valence-electron chi connectivity index (χ4n) is 4.24. The van der Waals surface area contributed by atoms with E-state index in [4.69, 9.17) is 19.3 Å². The molecule has 2 unspecified atom stereocenters. The monoisotopic (exact) mass is 431 g/mol. The molecule has 0 amide bonds. The van der Waals surface area contributed by atoms with Crippen LogP contribution in [0.5, 0.6) is 17.2 Å². The number of hydrogen-bond acceptors (Lipinski definition) is 7. The average molecular weight is 431 g/mol. The molecule has 0 saturated carbocycles. The minimum atomic E-state index is -0.576. The number of hydrazone groups is 1. The van der Waals surface area contributed by atoms with Crippen molar-refractivity contribution in [1.82, 2.24) is 5.01 Å². The first-order chi connectivity index (χ1) is 15.6. The summed E-state index contributed by atoms with van der Waals surface area (Å²) in [6, 6.07) is 20.0. The van der Waals surface area contributed by atoms with Gasteiger partial charge < -0.3 is 14.2 Å². The summed E-state index contributed by atoms with van der Waals surface area (Å²) in [6.07, 6.45) is 0.0915. The summed E-state index contributed by atoms with van der Waals surface area (Å²) < 4.78 is 17.1. The standard InChI is InChI=1S/C24H21N3O5/c1-30-22-11-10-15(13-23(22)31-2)19-14-20-18-8-3-4-9-21(18)32-24(26(20)25-19)16-6-5-7-17(12-16)27(28)29/h3-13,20,24H,14H2,1-2H3. The Kier molecular flexibility index (Phi) is 4.89. The van der Waals surface area contributed by atoms with Gasteiger partial charge in [-0.3, -0.25) is 10.1 Å². The second-order valence-corrected chi connectivity index (χ2v) is 7.58. The fourth-order valence-corrected chi connectivity index (χ4v) is 4.24. The van der Waals surface area contributed by atoms with Gasteiger partial charge in [-0.15, -0.1) is 0 Å². The van der Waals surface area contributed by atoms with Gasteiger partial charge in [0.05, 0.1) is 30.9 Å². The third-order valence-corrected chi connectivity index (χ3v) is 5.78. The summed E-state index contributed by atoms with van der Waals surface area (Å²) in [6.45, 7) is 0. The molecule has 0 bridgehead atoms. The van der Waals surface area contributed by atoms with Crippen molar-refractivity contribution in [2.45, 2.75) is 18.7 Å². The second-order valence-electron chi connectivity index (χ2n) is 7.58. The Hall–Kier alpha value is -4.07. The first kappa shape index (κ1) is 19.9. The number of fused-ring (bicyclic) bond motifs is 3. The van der Waals surface area contributed by atoms with Gasteiger partial charge in [-0.25, -0.2) is 5.01 Å². The highest BCUT2D eigenvalue weighted by Gasteiger charge is 2.41. The highest BCUT2D eigenvalue weighted by atomic mass is 16.6. The Bertz CT molecular complexity index is 1230. The van der Waals surface area contributed by atoms with Gasteiger partial charge in [-0.05, 0) is 24.3 Å². The first-order valence-electron chi connectivity index (χ1n) is 10.2. The van der Waals surface area contributed by atoms with Crippen LogP contribution in [0.2, 0.25) is 0 Å². The van der Waals surface area contributed by atoms with E-state index in [9.17, 15) is 10.1 Å². The molecular formula is C24H21N3O5. The van der Waals surface area contributed by atoms with Crippen molar-refractivity contribution in [3.05, 3.63) is 93.5 Å². The number of rotatable bonds is 5. The average Bonchev–Trinajstić information content (AvgIpc) is 3.29. The van der Waals surface area contributed by atoms with Crippen molar-refractivity contribution < 1.29 is 19.1 Å². The lowest BCUT2D eigenvalue weighted by Gasteiger charge is -2.38. The molecule has 2 aliphatic heterocycles. The van der Waals surface area contributed by atoms with Crippen molar-refractivity contribution in [1.29, 1.82) is 0 Å². The zero-order chi connectivity index (χ0) is 22.2.